The van der Waals surface area contributed by atoms with Gasteiger partial charge in [0.05, 0.1) is 16.7 Å². The maximum absolute atomic E-state index is 12.9. The molecule has 3 nitrogen and oxygen atoms in total. The van der Waals surface area contributed by atoms with E-state index in [1.807, 2.05) is 0 Å². The molecule has 0 aliphatic carbocycles. The lowest BCUT2D eigenvalue weighted by Gasteiger charge is -2.17. The predicted molar refractivity (Wildman–Crippen MR) is 76.2 cm³/mol. The fraction of sp³-hybridized carbons (Fsp3) is 0.0588. The van der Waals surface area contributed by atoms with E-state index in [1.54, 1.807) is 12.1 Å². The van der Waals surface area contributed by atoms with Crippen molar-refractivity contribution >= 4 is 33.5 Å². The lowest BCUT2D eigenvalue weighted by molar-refractivity contribution is -0.137. The van der Waals surface area contributed by atoms with Gasteiger partial charge in [-0.1, -0.05) is 18.2 Å². The van der Waals surface area contributed by atoms with Crippen molar-refractivity contribution in [3.63, 3.8) is 0 Å². The van der Waals surface area contributed by atoms with Gasteiger partial charge in [-0.3, -0.25) is 0 Å². The van der Waals surface area contributed by atoms with Crippen LogP contribution >= 0.6 is 0 Å². The molecular weight excluding hydrogens is 309 g/mol. The van der Waals surface area contributed by atoms with Gasteiger partial charge in [-0.15, -0.1) is 0 Å². The lowest BCUT2D eigenvalue weighted by Crippen LogP contribution is -2.19. The largest absolute Gasteiger partial charge is 0.416 e. The van der Waals surface area contributed by atoms with Crippen LogP contribution in [0.25, 0.3) is 21.5 Å². The van der Waals surface area contributed by atoms with Crippen molar-refractivity contribution in [3.05, 3.63) is 59.2 Å². The average Bonchev–Trinajstić information content (AvgIpc) is 2.50. The standard InChI is InChI=1S/C17H7F3O3/c18-17(19,20)9-5-4-8-6-13-14-10(12(8)7-9)2-1-3-11(14)15(21)23-16(13)22/h1-7H. The Hall–Kier alpha value is -2.89. The zero-order chi connectivity index (χ0) is 16.4. The second-order valence-corrected chi connectivity index (χ2v) is 5.26. The van der Waals surface area contributed by atoms with Crippen LogP contribution in [0.15, 0.2) is 42.5 Å². The van der Waals surface area contributed by atoms with E-state index in [-0.39, 0.29) is 11.1 Å². The number of ether oxygens (including phenoxy) is 1. The SMILES string of the molecule is O=C1OC(=O)c2cc3ccc(C(F)(F)F)cc3c3cccc1c23. The fourth-order valence-electron chi connectivity index (χ4n) is 2.91. The predicted octanol–water partition coefficient (Wildman–Crippen LogP) is 4.32. The van der Waals surface area contributed by atoms with Crippen LogP contribution in [0, 0.1) is 0 Å². The number of carbonyl (C=O) groups excluding carboxylic acids is 2. The summed E-state index contributed by atoms with van der Waals surface area (Å²) in [6.45, 7) is 0. The molecule has 23 heavy (non-hydrogen) atoms. The summed E-state index contributed by atoms with van der Waals surface area (Å²) in [7, 11) is 0. The van der Waals surface area contributed by atoms with Crippen LogP contribution in [-0.4, -0.2) is 11.9 Å². The molecule has 4 rings (SSSR count). The van der Waals surface area contributed by atoms with Crippen molar-refractivity contribution in [1.82, 2.24) is 0 Å². The smallest absolute Gasteiger partial charge is 0.386 e. The van der Waals surface area contributed by atoms with E-state index in [2.05, 4.69) is 4.74 Å². The Morgan fingerprint density at radius 3 is 2.30 bits per heavy atom. The number of cyclic esters (lactones) is 2. The molecule has 1 aliphatic rings. The lowest BCUT2D eigenvalue weighted by atomic mass is 9.91. The maximum Gasteiger partial charge on any atom is 0.416 e. The van der Waals surface area contributed by atoms with Gasteiger partial charge in [0.25, 0.3) is 0 Å². The summed E-state index contributed by atoms with van der Waals surface area (Å²) in [6.07, 6.45) is -4.47. The van der Waals surface area contributed by atoms with Crippen LogP contribution in [0.4, 0.5) is 13.2 Å². The highest BCUT2D eigenvalue weighted by Gasteiger charge is 2.32. The van der Waals surface area contributed by atoms with Crippen molar-refractivity contribution in [2.75, 3.05) is 0 Å². The van der Waals surface area contributed by atoms with Crippen LogP contribution in [0.1, 0.15) is 26.3 Å². The van der Waals surface area contributed by atoms with Crippen LogP contribution in [0.3, 0.4) is 0 Å². The molecule has 1 aliphatic heterocycles. The zero-order valence-electron chi connectivity index (χ0n) is 11.4. The van der Waals surface area contributed by atoms with E-state index in [9.17, 15) is 22.8 Å². The molecule has 0 radical (unpaired) electrons. The summed E-state index contributed by atoms with van der Waals surface area (Å²) in [4.78, 5) is 23.8. The Kier molecular flexibility index (Phi) is 2.58. The van der Waals surface area contributed by atoms with Crippen molar-refractivity contribution < 1.29 is 27.5 Å². The minimum atomic E-state index is -4.47. The molecule has 1 heterocycles. The first kappa shape index (κ1) is 13.8. The molecule has 0 aromatic heterocycles. The highest BCUT2D eigenvalue weighted by Crippen LogP contribution is 2.37. The Morgan fingerprint density at radius 1 is 0.826 bits per heavy atom. The highest BCUT2D eigenvalue weighted by atomic mass is 19.4. The molecule has 0 atom stereocenters. The van der Waals surface area contributed by atoms with Crippen molar-refractivity contribution in [2.24, 2.45) is 0 Å². The first-order valence-electron chi connectivity index (χ1n) is 6.69. The van der Waals surface area contributed by atoms with Gasteiger partial charge in [-0.25, -0.2) is 9.59 Å². The topological polar surface area (TPSA) is 43.4 Å². The summed E-state index contributed by atoms with van der Waals surface area (Å²) in [5, 5.41) is 1.57. The molecule has 0 N–H and O–H groups in total. The third kappa shape index (κ3) is 1.91. The van der Waals surface area contributed by atoms with Gasteiger partial charge in [0.1, 0.15) is 0 Å². The monoisotopic (exact) mass is 316 g/mol. The molecule has 0 unspecified atom stereocenters. The number of halogens is 3. The second kappa shape index (κ2) is 4.32. The number of hydrogen-bond acceptors (Lipinski definition) is 3. The fourth-order valence-corrected chi connectivity index (χ4v) is 2.91. The van der Waals surface area contributed by atoms with E-state index in [0.717, 1.165) is 12.1 Å². The molecular formula is C17H7F3O3. The Balaban J connectivity index is 2.19. The minimum Gasteiger partial charge on any atom is -0.386 e. The van der Waals surface area contributed by atoms with E-state index in [4.69, 9.17) is 0 Å². The second-order valence-electron chi connectivity index (χ2n) is 5.26. The van der Waals surface area contributed by atoms with Gasteiger partial charge in [0.15, 0.2) is 0 Å². The normalized spacial score (nSPS) is 14.4. The number of alkyl halides is 3. The number of rotatable bonds is 0. The van der Waals surface area contributed by atoms with Crippen LogP contribution in [0.5, 0.6) is 0 Å². The Morgan fingerprint density at radius 2 is 1.57 bits per heavy atom. The molecule has 3 aromatic carbocycles. The summed E-state index contributed by atoms with van der Waals surface area (Å²) >= 11 is 0. The van der Waals surface area contributed by atoms with Crippen molar-refractivity contribution in [1.29, 1.82) is 0 Å². The quantitative estimate of drug-likeness (QED) is 0.352. The van der Waals surface area contributed by atoms with Crippen molar-refractivity contribution in [3.8, 4) is 0 Å². The van der Waals surface area contributed by atoms with E-state index in [1.165, 1.54) is 18.2 Å². The molecule has 0 saturated heterocycles. The summed E-state index contributed by atoms with van der Waals surface area (Å²) < 4.78 is 43.5. The summed E-state index contributed by atoms with van der Waals surface area (Å²) in [6, 6.07) is 9.39. The third-order valence-corrected chi connectivity index (χ3v) is 3.93. The number of esters is 2. The van der Waals surface area contributed by atoms with Gasteiger partial charge in [0.2, 0.25) is 0 Å². The van der Waals surface area contributed by atoms with E-state index >= 15 is 0 Å². The van der Waals surface area contributed by atoms with E-state index < -0.39 is 23.7 Å². The number of fused-ring (bicyclic) bond motifs is 2. The Bertz CT molecular complexity index is 1020. The molecule has 0 amide bonds. The molecule has 6 heteroatoms. The Labute approximate surface area is 127 Å². The summed E-state index contributed by atoms with van der Waals surface area (Å²) in [5.74, 6) is -1.58. The molecule has 0 spiro atoms. The van der Waals surface area contributed by atoms with Crippen LogP contribution in [-0.2, 0) is 10.9 Å². The number of carbonyl (C=O) groups is 2. The van der Waals surface area contributed by atoms with E-state index in [0.29, 0.717) is 21.5 Å². The van der Waals surface area contributed by atoms with Gasteiger partial charge < -0.3 is 4.74 Å². The first-order chi connectivity index (χ1) is 10.9. The van der Waals surface area contributed by atoms with Gasteiger partial charge in [-0.05, 0) is 40.4 Å². The van der Waals surface area contributed by atoms with Gasteiger partial charge >= 0.3 is 18.1 Å². The number of hydrogen-bond donors (Lipinski definition) is 0. The maximum atomic E-state index is 12.9. The van der Waals surface area contributed by atoms with Crippen molar-refractivity contribution in [2.45, 2.75) is 6.18 Å². The molecule has 0 fully saturated rings. The van der Waals surface area contributed by atoms with Gasteiger partial charge in [0, 0.05) is 5.39 Å². The molecule has 0 saturated carbocycles. The average molecular weight is 316 g/mol. The summed E-state index contributed by atoms with van der Waals surface area (Å²) in [5.41, 5.74) is -0.422. The van der Waals surface area contributed by atoms with Crippen LogP contribution in [0.2, 0.25) is 0 Å². The number of benzene rings is 3. The zero-order valence-corrected chi connectivity index (χ0v) is 11.4. The molecule has 114 valence electrons. The van der Waals surface area contributed by atoms with Gasteiger partial charge in [-0.2, -0.15) is 13.2 Å². The highest BCUT2D eigenvalue weighted by molar-refractivity contribution is 6.26. The minimum absolute atomic E-state index is 0.177. The third-order valence-electron chi connectivity index (χ3n) is 3.93. The first-order valence-corrected chi connectivity index (χ1v) is 6.69. The molecule has 0 bridgehead atoms. The molecule has 3 aromatic rings. The van der Waals surface area contributed by atoms with Crippen LogP contribution < -0.4 is 0 Å².